The highest BCUT2D eigenvalue weighted by Crippen LogP contribution is 2.41. The summed E-state index contributed by atoms with van der Waals surface area (Å²) in [4.78, 5) is 21.8. The number of aromatic amines is 1. The van der Waals surface area contributed by atoms with Crippen molar-refractivity contribution in [2.75, 3.05) is 0 Å². The number of imidazole rings is 1. The van der Waals surface area contributed by atoms with Crippen molar-refractivity contribution in [2.45, 2.75) is 25.1 Å². The van der Waals surface area contributed by atoms with Crippen LogP contribution in [0.5, 0.6) is 5.75 Å². The monoisotopic (exact) mass is 313 g/mol. The van der Waals surface area contributed by atoms with Crippen molar-refractivity contribution in [2.24, 2.45) is 0 Å². The van der Waals surface area contributed by atoms with Gasteiger partial charge < -0.3 is 14.8 Å². The number of aromatic carboxylic acids is 1. The van der Waals surface area contributed by atoms with E-state index in [4.69, 9.17) is 0 Å². The summed E-state index contributed by atoms with van der Waals surface area (Å²) >= 11 is 0. The second-order valence-electron chi connectivity index (χ2n) is 4.82. The first-order valence-electron chi connectivity index (χ1n) is 6.39. The van der Waals surface area contributed by atoms with E-state index in [-0.39, 0.29) is 23.0 Å². The summed E-state index contributed by atoms with van der Waals surface area (Å²) in [6.45, 7) is 0. The van der Waals surface area contributed by atoms with Crippen LogP contribution in [-0.4, -0.2) is 32.4 Å². The molecule has 1 fully saturated rings. The van der Waals surface area contributed by atoms with E-state index >= 15 is 0 Å². The second kappa shape index (κ2) is 5.00. The standard InChI is InChI=1S/C13H10F3N3O3/c14-13(15,16)22-7-2-1-5-17-8(7)9-10(12(20)21)19-11(18-9)6-3-4-6/h1-2,5-6H,3-4H2,(H,18,19)(H,20,21). The van der Waals surface area contributed by atoms with Crippen LogP contribution in [0.15, 0.2) is 18.3 Å². The van der Waals surface area contributed by atoms with Crippen LogP contribution in [-0.2, 0) is 0 Å². The van der Waals surface area contributed by atoms with E-state index in [9.17, 15) is 23.1 Å². The van der Waals surface area contributed by atoms with Crippen LogP contribution >= 0.6 is 0 Å². The van der Waals surface area contributed by atoms with Crippen molar-refractivity contribution in [1.29, 1.82) is 0 Å². The lowest BCUT2D eigenvalue weighted by Crippen LogP contribution is -2.18. The molecule has 0 unspecified atom stereocenters. The molecule has 0 spiro atoms. The van der Waals surface area contributed by atoms with E-state index in [0.29, 0.717) is 5.82 Å². The Kier molecular flexibility index (Phi) is 3.27. The Morgan fingerprint density at radius 3 is 2.73 bits per heavy atom. The fraction of sp³-hybridized carbons (Fsp3) is 0.308. The van der Waals surface area contributed by atoms with Crippen LogP contribution in [0.25, 0.3) is 11.4 Å². The summed E-state index contributed by atoms with van der Waals surface area (Å²) in [5, 5.41) is 9.19. The molecule has 6 nitrogen and oxygen atoms in total. The lowest BCUT2D eigenvalue weighted by Gasteiger charge is -2.11. The highest BCUT2D eigenvalue weighted by atomic mass is 19.4. The minimum atomic E-state index is -4.90. The number of hydrogen-bond donors (Lipinski definition) is 2. The van der Waals surface area contributed by atoms with E-state index < -0.39 is 18.1 Å². The van der Waals surface area contributed by atoms with Crippen molar-refractivity contribution >= 4 is 5.97 Å². The van der Waals surface area contributed by atoms with Gasteiger partial charge >= 0.3 is 12.3 Å². The topological polar surface area (TPSA) is 88.1 Å². The number of nitrogens with one attached hydrogen (secondary N) is 1. The van der Waals surface area contributed by atoms with Crippen molar-refractivity contribution < 1.29 is 27.8 Å². The van der Waals surface area contributed by atoms with Gasteiger partial charge in [0, 0.05) is 12.1 Å². The number of H-pyrrole nitrogens is 1. The SMILES string of the molecule is O=C(O)c1nc(C2CC2)[nH]c1-c1ncccc1OC(F)(F)F. The maximum atomic E-state index is 12.4. The molecule has 0 saturated heterocycles. The van der Waals surface area contributed by atoms with Gasteiger partial charge in [-0.3, -0.25) is 4.98 Å². The third-order valence-corrected chi connectivity index (χ3v) is 3.12. The van der Waals surface area contributed by atoms with Crippen LogP contribution in [0, 0.1) is 0 Å². The molecule has 9 heteroatoms. The molecular formula is C13H10F3N3O3. The number of carbonyl (C=O) groups is 1. The number of carboxylic acid groups (broad SMARTS) is 1. The van der Waals surface area contributed by atoms with Gasteiger partial charge in [0.25, 0.3) is 0 Å². The largest absolute Gasteiger partial charge is 0.573 e. The molecule has 1 saturated carbocycles. The van der Waals surface area contributed by atoms with Gasteiger partial charge in [0.05, 0.1) is 0 Å². The molecular weight excluding hydrogens is 303 g/mol. The number of pyridine rings is 1. The molecule has 1 aliphatic rings. The minimum absolute atomic E-state index is 0.0887. The molecule has 2 aromatic heterocycles. The van der Waals surface area contributed by atoms with Crippen molar-refractivity contribution in [3.8, 4) is 17.1 Å². The summed E-state index contributed by atoms with van der Waals surface area (Å²) in [6.07, 6.45) is -1.93. The smallest absolute Gasteiger partial charge is 0.476 e. The van der Waals surface area contributed by atoms with E-state index in [1.54, 1.807) is 0 Å². The minimum Gasteiger partial charge on any atom is -0.476 e. The summed E-state index contributed by atoms with van der Waals surface area (Å²) in [7, 11) is 0. The van der Waals surface area contributed by atoms with Crippen LogP contribution < -0.4 is 4.74 Å². The van der Waals surface area contributed by atoms with Gasteiger partial charge in [-0.15, -0.1) is 13.2 Å². The number of ether oxygens (including phenoxy) is 1. The van der Waals surface area contributed by atoms with E-state index in [1.165, 1.54) is 12.3 Å². The fourth-order valence-electron chi connectivity index (χ4n) is 2.05. The molecule has 3 rings (SSSR count). The summed E-state index contributed by atoms with van der Waals surface area (Å²) in [6, 6.07) is 2.34. The van der Waals surface area contributed by atoms with E-state index in [1.807, 2.05) is 0 Å². The third kappa shape index (κ3) is 2.87. The Morgan fingerprint density at radius 2 is 2.14 bits per heavy atom. The molecule has 1 aliphatic carbocycles. The fourth-order valence-corrected chi connectivity index (χ4v) is 2.05. The molecule has 0 aliphatic heterocycles. The average molecular weight is 313 g/mol. The van der Waals surface area contributed by atoms with Crippen LogP contribution in [0.1, 0.15) is 35.1 Å². The molecule has 0 aromatic carbocycles. The Balaban J connectivity index is 2.09. The van der Waals surface area contributed by atoms with Crippen molar-refractivity contribution in [1.82, 2.24) is 15.0 Å². The Morgan fingerprint density at radius 1 is 1.41 bits per heavy atom. The van der Waals surface area contributed by atoms with E-state index in [0.717, 1.165) is 18.9 Å². The summed E-state index contributed by atoms with van der Waals surface area (Å²) in [5.41, 5.74) is -0.696. The maximum absolute atomic E-state index is 12.4. The number of aromatic nitrogens is 3. The zero-order chi connectivity index (χ0) is 15.9. The summed E-state index contributed by atoms with van der Waals surface area (Å²) < 4.78 is 41.2. The van der Waals surface area contributed by atoms with E-state index in [2.05, 4.69) is 19.7 Å². The molecule has 2 aromatic rings. The number of nitrogens with zero attached hydrogens (tertiary/aromatic N) is 2. The second-order valence-corrected chi connectivity index (χ2v) is 4.82. The normalized spacial score (nSPS) is 14.9. The number of carboxylic acids is 1. The highest BCUT2D eigenvalue weighted by Gasteiger charge is 2.35. The molecule has 0 atom stereocenters. The van der Waals surface area contributed by atoms with Gasteiger partial charge in [0.2, 0.25) is 0 Å². The first kappa shape index (κ1) is 14.4. The average Bonchev–Trinajstić information content (AvgIpc) is 3.17. The van der Waals surface area contributed by atoms with Gasteiger partial charge in [-0.25, -0.2) is 9.78 Å². The predicted octanol–water partition coefficient (Wildman–Crippen LogP) is 2.95. The zero-order valence-corrected chi connectivity index (χ0v) is 11.0. The molecule has 0 bridgehead atoms. The van der Waals surface area contributed by atoms with Crippen LogP contribution in [0.2, 0.25) is 0 Å². The summed E-state index contributed by atoms with van der Waals surface area (Å²) in [5.74, 6) is -1.37. The van der Waals surface area contributed by atoms with Gasteiger partial charge in [0.1, 0.15) is 17.2 Å². The molecule has 2 heterocycles. The quantitative estimate of drug-likeness (QED) is 0.906. The number of halogens is 3. The maximum Gasteiger partial charge on any atom is 0.573 e. The number of hydrogen-bond acceptors (Lipinski definition) is 4. The number of rotatable bonds is 4. The Labute approximate surface area is 122 Å². The molecule has 0 amide bonds. The Bertz CT molecular complexity index is 723. The molecule has 2 N–H and O–H groups in total. The molecule has 116 valence electrons. The number of alkyl halides is 3. The lowest BCUT2D eigenvalue weighted by atomic mass is 10.2. The third-order valence-electron chi connectivity index (χ3n) is 3.12. The Hall–Kier alpha value is -2.58. The van der Waals surface area contributed by atoms with Crippen LogP contribution in [0.4, 0.5) is 13.2 Å². The van der Waals surface area contributed by atoms with Gasteiger partial charge in [0.15, 0.2) is 11.4 Å². The predicted molar refractivity (Wildman–Crippen MR) is 67.4 cm³/mol. The zero-order valence-electron chi connectivity index (χ0n) is 11.0. The lowest BCUT2D eigenvalue weighted by molar-refractivity contribution is -0.274. The first-order chi connectivity index (χ1) is 10.3. The molecule has 22 heavy (non-hydrogen) atoms. The van der Waals surface area contributed by atoms with Crippen molar-refractivity contribution in [3.63, 3.8) is 0 Å². The van der Waals surface area contributed by atoms with Crippen molar-refractivity contribution in [3.05, 3.63) is 29.8 Å². The first-order valence-corrected chi connectivity index (χ1v) is 6.39. The van der Waals surface area contributed by atoms with Crippen LogP contribution in [0.3, 0.4) is 0 Å². The highest BCUT2D eigenvalue weighted by molar-refractivity contribution is 5.93. The molecule has 0 radical (unpaired) electrons. The van der Waals surface area contributed by atoms with Gasteiger partial charge in [-0.05, 0) is 25.0 Å². The van der Waals surface area contributed by atoms with Gasteiger partial charge in [-0.1, -0.05) is 0 Å². The van der Waals surface area contributed by atoms with Gasteiger partial charge in [-0.2, -0.15) is 0 Å².